The Bertz CT molecular complexity index is 453. The lowest BCUT2D eigenvalue weighted by Gasteiger charge is -2.40. The van der Waals surface area contributed by atoms with Crippen LogP contribution >= 0.6 is 0 Å². The average molecular weight is 293 g/mol. The Morgan fingerprint density at radius 2 is 1.95 bits per heavy atom. The summed E-state index contributed by atoms with van der Waals surface area (Å²) >= 11 is 0. The highest BCUT2D eigenvalue weighted by atomic mass is 16.5. The van der Waals surface area contributed by atoms with Crippen LogP contribution in [0.1, 0.15) is 52.9 Å². The lowest BCUT2D eigenvalue weighted by molar-refractivity contribution is -0.0145. The molecule has 1 fully saturated rings. The summed E-state index contributed by atoms with van der Waals surface area (Å²) in [7, 11) is 0. The number of nitrogens with zero attached hydrogens (tertiary/aromatic N) is 2. The van der Waals surface area contributed by atoms with Crippen LogP contribution in [0, 0.1) is 5.41 Å². The molecule has 0 spiro atoms. The van der Waals surface area contributed by atoms with E-state index in [1.807, 2.05) is 0 Å². The lowest BCUT2D eigenvalue weighted by Crippen LogP contribution is -2.42. The van der Waals surface area contributed by atoms with E-state index in [0.717, 1.165) is 32.1 Å². The van der Waals surface area contributed by atoms with Gasteiger partial charge in [-0.1, -0.05) is 20.8 Å². The summed E-state index contributed by atoms with van der Waals surface area (Å²) in [4.78, 5) is 8.25. The highest BCUT2D eigenvalue weighted by Gasteiger charge is 2.36. The van der Waals surface area contributed by atoms with Crippen LogP contribution in [-0.2, 0) is 0 Å². The number of aromatic nitrogens is 2. The predicted octanol–water partition coefficient (Wildman–Crippen LogP) is 3.01. The monoisotopic (exact) mass is 293 g/mol. The van der Waals surface area contributed by atoms with Gasteiger partial charge in [-0.2, -0.15) is 0 Å². The molecular weight excluding hydrogens is 266 g/mol. The van der Waals surface area contributed by atoms with E-state index in [4.69, 9.17) is 4.74 Å². The quantitative estimate of drug-likeness (QED) is 0.844. The summed E-state index contributed by atoms with van der Waals surface area (Å²) in [6.45, 7) is 7.76. The van der Waals surface area contributed by atoms with Gasteiger partial charge in [0.25, 0.3) is 0 Å². The number of hydrogen-bond acceptors (Lipinski definition) is 5. The molecule has 0 saturated heterocycles. The van der Waals surface area contributed by atoms with Gasteiger partial charge in [0.05, 0.1) is 12.2 Å². The van der Waals surface area contributed by atoms with Crippen molar-refractivity contribution in [1.29, 1.82) is 0 Å². The first-order valence-electron chi connectivity index (χ1n) is 7.84. The third kappa shape index (κ3) is 4.84. The van der Waals surface area contributed by atoms with Gasteiger partial charge in [-0.05, 0) is 37.5 Å². The van der Waals surface area contributed by atoms with Gasteiger partial charge in [-0.25, -0.2) is 9.97 Å². The summed E-state index contributed by atoms with van der Waals surface area (Å²) < 4.78 is 5.49. The Kier molecular flexibility index (Phi) is 5.04. The summed E-state index contributed by atoms with van der Waals surface area (Å²) in [5.74, 6) is 1.28. The smallest absolute Gasteiger partial charge is 0.218 e. The van der Waals surface area contributed by atoms with Gasteiger partial charge >= 0.3 is 0 Å². The fourth-order valence-electron chi connectivity index (χ4n) is 2.55. The van der Waals surface area contributed by atoms with Crippen molar-refractivity contribution in [3.63, 3.8) is 0 Å². The molecule has 21 heavy (non-hydrogen) atoms. The molecule has 0 bridgehead atoms. The molecule has 2 N–H and O–H groups in total. The summed E-state index contributed by atoms with van der Waals surface area (Å²) in [5.41, 5.74) is -0.285. The predicted molar refractivity (Wildman–Crippen MR) is 83.5 cm³/mol. The van der Waals surface area contributed by atoms with Crippen molar-refractivity contribution in [3.05, 3.63) is 12.4 Å². The van der Waals surface area contributed by atoms with Gasteiger partial charge in [0.1, 0.15) is 12.1 Å². The number of nitrogens with one attached hydrogen (secondary N) is 1. The molecule has 5 heteroatoms. The van der Waals surface area contributed by atoms with E-state index in [9.17, 15) is 5.11 Å². The molecule has 0 unspecified atom stereocenters. The molecule has 5 nitrogen and oxygen atoms in total. The number of ether oxygens (including phenoxy) is 1. The largest absolute Gasteiger partial charge is 0.478 e. The topological polar surface area (TPSA) is 67.3 Å². The van der Waals surface area contributed by atoms with Crippen molar-refractivity contribution in [2.45, 2.75) is 58.5 Å². The van der Waals surface area contributed by atoms with Crippen LogP contribution in [0.25, 0.3) is 0 Å². The molecule has 0 radical (unpaired) electrons. The van der Waals surface area contributed by atoms with Crippen LogP contribution in [0.3, 0.4) is 0 Å². The van der Waals surface area contributed by atoms with Gasteiger partial charge in [0.2, 0.25) is 5.88 Å². The van der Waals surface area contributed by atoms with E-state index < -0.39 is 5.60 Å². The van der Waals surface area contributed by atoms with Gasteiger partial charge < -0.3 is 15.2 Å². The Balaban J connectivity index is 1.88. The molecule has 0 atom stereocenters. The molecular formula is C16H27N3O2. The van der Waals surface area contributed by atoms with E-state index in [0.29, 0.717) is 30.3 Å². The minimum atomic E-state index is -0.634. The number of anilines is 1. The van der Waals surface area contributed by atoms with Crippen LogP contribution in [0.5, 0.6) is 5.88 Å². The highest BCUT2D eigenvalue weighted by Crippen LogP contribution is 2.40. The zero-order valence-corrected chi connectivity index (χ0v) is 13.4. The maximum absolute atomic E-state index is 10.6. The van der Waals surface area contributed by atoms with Gasteiger partial charge in [0, 0.05) is 12.6 Å². The van der Waals surface area contributed by atoms with Crippen molar-refractivity contribution < 1.29 is 9.84 Å². The van der Waals surface area contributed by atoms with Crippen LogP contribution < -0.4 is 10.1 Å². The Morgan fingerprint density at radius 3 is 2.62 bits per heavy atom. The average Bonchev–Trinajstić information content (AvgIpc) is 2.47. The molecule has 1 aliphatic rings. The van der Waals surface area contributed by atoms with E-state index in [-0.39, 0.29) is 0 Å². The Labute approximate surface area is 127 Å². The van der Waals surface area contributed by atoms with Gasteiger partial charge in [-0.3, -0.25) is 0 Å². The second kappa shape index (κ2) is 6.60. The first-order chi connectivity index (χ1) is 9.92. The SMILES string of the molecule is CCCOc1cc(NCC2(O)CCC(C)(C)CC2)ncn1. The standard InChI is InChI=1S/C16H27N3O2/c1-4-9-21-14-10-13(18-12-19-14)17-11-16(20)7-5-15(2,3)6-8-16/h10,12,20H,4-9,11H2,1-3H3,(H,17,18,19). The van der Waals surface area contributed by atoms with Crippen LogP contribution in [0.15, 0.2) is 12.4 Å². The maximum atomic E-state index is 10.6. The molecule has 0 amide bonds. The van der Waals surface area contributed by atoms with Crippen molar-refractivity contribution in [2.24, 2.45) is 5.41 Å². The van der Waals surface area contributed by atoms with Gasteiger partial charge in [0.15, 0.2) is 0 Å². The van der Waals surface area contributed by atoms with E-state index >= 15 is 0 Å². The lowest BCUT2D eigenvalue weighted by atomic mass is 9.71. The van der Waals surface area contributed by atoms with Crippen molar-refractivity contribution in [2.75, 3.05) is 18.5 Å². The maximum Gasteiger partial charge on any atom is 0.218 e. The zero-order chi connectivity index (χ0) is 15.3. The number of rotatable bonds is 6. The summed E-state index contributed by atoms with van der Waals surface area (Å²) in [6, 6.07) is 1.78. The van der Waals surface area contributed by atoms with Crippen LogP contribution in [-0.4, -0.2) is 33.8 Å². The van der Waals surface area contributed by atoms with Crippen LogP contribution in [0.2, 0.25) is 0 Å². The van der Waals surface area contributed by atoms with E-state index in [2.05, 4.69) is 36.1 Å². The molecule has 1 aliphatic carbocycles. The molecule has 118 valence electrons. The second-order valence-electron chi connectivity index (χ2n) is 6.83. The third-order valence-electron chi connectivity index (χ3n) is 4.23. The molecule has 2 rings (SSSR count). The highest BCUT2D eigenvalue weighted by molar-refractivity contribution is 5.37. The van der Waals surface area contributed by atoms with E-state index in [1.165, 1.54) is 6.33 Å². The summed E-state index contributed by atoms with van der Waals surface area (Å²) in [6.07, 6.45) is 6.21. The first-order valence-corrected chi connectivity index (χ1v) is 7.84. The fourth-order valence-corrected chi connectivity index (χ4v) is 2.55. The summed E-state index contributed by atoms with van der Waals surface area (Å²) in [5, 5.41) is 13.9. The van der Waals surface area contributed by atoms with Crippen LogP contribution in [0.4, 0.5) is 5.82 Å². The molecule has 1 heterocycles. The fraction of sp³-hybridized carbons (Fsp3) is 0.750. The van der Waals surface area contributed by atoms with Crippen molar-refractivity contribution in [3.8, 4) is 5.88 Å². The number of hydrogen-bond donors (Lipinski definition) is 2. The number of aliphatic hydroxyl groups is 1. The minimum Gasteiger partial charge on any atom is -0.478 e. The molecule has 1 aromatic heterocycles. The van der Waals surface area contributed by atoms with Crippen molar-refractivity contribution in [1.82, 2.24) is 9.97 Å². The van der Waals surface area contributed by atoms with Gasteiger partial charge in [-0.15, -0.1) is 0 Å². The Morgan fingerprint density at radius 1 is 1.24 bits per heavy atom. The zero-order valence-electron chi connectivity index (χ0n) is 13.4. The molecule has 1 aromatic rings. The minimum absolute atomic E-state index is 0.350. The van der Waals surface area contributed by atoms with Crippen molar-refractivity contribution >= 4 is 5.82 Å². The second-order valence-corrected chi connectivity index (χ2v) is 6.83. The molecule has 0 aliphatic heterocycles. The van der Waals surface area contributed by atoms with E-state index in [1.54, 1.807) is 6.07 Å². The molecule has 1 saturated carbocycles. The third-order valence-corrected chi connectivity index (χ3v) is 4.23. The molecule has 0 aromatic carbocycles. The Hall–Kier alpha value is -1.36. The first kappa shape index (κ1) is 16.0. The normalized spacial score (nSPS) is 20.0.